The topological polar surface area (TPSA) is 40.5 Å². The Bertz CT molecular complexity index is 26.9. The van der Waals surface area contributed by atoms with Crippen molar-refractivity contribution in [2.45, 2.75) is 13.0 Å². The molecule has 0 aliphatic heterocycles. The summed E-state index contributed by atoms with van der Waals surface area (Å²) in [4.78, 5) is 0. The van der Waals surface area contributed by atoms with Crippen molar-refractivity contribution in [3.8, 4) is 0 Å². The second-order valence-corrected chi connectivity index (χ2v) is 1.03. The van der Waals surface area contributed by atoms with Crippen molar-refractivity contribution in [2.24, 2.45) is 0 Å². The average molecular weight is 229 g/mol. The van der Waals surface area contributed by atoms with E-state index in [1.165, 1.54) is 6.92 Å². The van der Waals surface area contributed by atoms with E-state index < -0.39 is 6.10 Å². The summed E-state index contributed by atoms with van der Waals surface area (Å²) >= 11 is 0. The number of hydrogen-bond acceptors (Lipinski definition) is 2. The molecule has 2 nitrogen and oxygen atoms in total. The summed E-state index contributed by atoms with van der Waals surface area (Å²) in [6, 6.07) is 0. The Morgan fingerprint density at radius 2 is 1.71 bits per heavy atom. The Balaban J connectivity index is -0.0000000800. The third-order valence-electron chi connectivity index (χ3n) is 0.264. The molecule has 0 spiro atoms. The van der Waals surface area contributed by atoms with E-state index in [0.29, 0.717) is 0 Å². The van der Waals surface area contributed by atoms with Crippen LogP contribution in [0, 0.1) is 0 Å². The third-order valence-corrected chi connectivity index (χ3v) is 0.264. The first kappa shape index (κ1) is 16.0. The maximum Gasteiger partial charge on any atom is 0.0742 e. The van der Waals surface area contributed by atoms with Crippen LogP contribution in [0.15, 0.2) is 0 Å². The Kier molecular flexibility index (Phi) is 25.0. The number of hydrogen-bond donors (Lipinski definition) is 2. The summed E-state index contributed by atoms with van der Waals surface area (Å²) in [6.45, 7) is 1.39. The van der Waals surface area contributed by atoms with Crippen LogP contribution in [0.5, 0.6) is 0 Å². The van der Waals surface area contributed by atoms with Gasteiger partial charge in [-0.05, 0) is 6.92 Å². The molecule has 0 aliphatic carbocycles. The predicted molar refractivity (Wildman–Crippen MR) is 24.5 cm³/mol. The molecule has 1 atom stereocenters. The van der Waals surface area contributed by atoms with Crippen LogP contribution in [0.2, 0.25) is 0 Å². The molecule has 0 heterocycles. The van der Waals surface area contributed by atoms with E-state index in [9.17, 15) is 0 Å². The standard InChI is InChI=1S/C3H8O2.Sr.Zn/c1-3(5)2-4;;/h3-5H,2H2,1H3;;. The maximum absolute atomic E-state index is 8.11. The van der Waals surface area contributed by atoms with Gasteiger partial charge in [-0.3, -0.25) is 0 Å². The van der Waals surface area contributed by atoms with Gasteiger partial charge < -0.3 is 10.2 Å². The van der Waals surface area contributed by atoms with Crippen molar-refractivity contribution in [3.05, 3.63) is 0 Å². The minimum Gasteiger partial charge on any atom is -0.394 e. The van der Waals surface area contributed by atoms with Gasteiger partial charge in [0, 0.05) is 65.0 Å². The molecular weight excluding hydrogens is 221 g/mol. The summed E-state index contributed by atoms with van der Waals surface area (Å²) in [5.74, 6) is 0. The van der Waals surface area contributed by atoms with Crippen LogP contribution in [0.1, 0.15) is 6.92 Å². The normalized spacial score (nSPS) is 10.7. The molecule has 0 rings (SSSR count). The van der Waals surface area contributed by atoms with E-state index in [4.69, 9.17) is 10.2 Å². The third kappa shape index (κ3) is 18.0. The minimum atomic E-state index is -0.560. The molecule has 0 aromatic rings. The first-order chi connectivity index (χ1) is 2.27. The number of aliphatic hydroxyl groups excluding tert-OH is 2. The first-order valence-corrected chi connectivity index (χ1v) is 1.56. The SMILES string of the molecule is CC(O)CO.[Sr].[Zn]. The monoisotopic (exact) mass is 228 g/mol. The predicted octanol–water partition coefficient (Wildman–Crippen LogP) is -1.02. The van der Waals surface area contributed by atoms with Crippen molar-refractivity contribution in [1.82, 2.24) is 0 Å². The Hall–Kier alpha value is 2.02. The van der Waals surface area contributed by atoms with E-state index in [-0.39, 0.29) is 71.6 Å². The van der Waals surface area contributed by atoms with Gasteiger partial charge in [-0.2, -0.15) is 0 Å². The molecule has 7 heavy (non-hydrogen) atoms. The molecule has 0 saturated carbocycles. The zero-order valence-corrected chi connectivity index (χ0v) is 11.0. The van der Waals surface area contributed by atoms with Crippen LogP contribution in [0.3, 0.4) is 0 Å². The van der Waals surface area contributed by atoms with Crippen LogP contribution in [-0.4, -0.2) is 68.4 Å². The molecule has 36 valence electrons. The van der Waals surface area contributed by atoms with Gasteiger partial charge in [0.1, 0.15) is 0 Å². The average Bonchev–Trinajstić information content (AvgIpc) is 1.38. The second-order valence-electron chi connectivity index (χ2n) is 1.03. The smallest absolute Gasteiger partial charge is 0.0742 e. The molecule has 0 aromatic heterocycles. The van der Waals surface area contributed by atoms with E-state index in [2.05, 4.69) is 0 Å². The van der Waals surface area contributed by atoms with Crippen LogP contribution in [-0.2, 0) is 19.5 Å². The first-order valence-electron chi connectivity index (χ1n) is 1.56. The molecule has 2 radical (unpaired) electrons. The van der Waals surface area contributed by atoms with E-state index in [0.717, 1.165) is 0 Å². The van der Waals surface area contributed by atoms with Crippen molar-refractivity contribution in [1.29, 1.82) is 0 Å². The van der Waals surface area contributed by atoms with Crippen molar-refractivity contribution >= 4 is 45.5 Å². The fourth-order valence-electron chi connectivity index (χ4n) is 0. The fraction of sp³-hybridized carbons (Fsp3) is 1.00. The van der Waals surface area contributed by atoms with Gasteiger partial charge >= 0.3 is 0 Å². The summed E-state index contributed by atoms with van der Waals surface area (Å²) in [5.41, 5.74) is 0. The molecular formula is C3H8O2SrZn. The molecule has 0 fully saturated rings. The zero-order valence-electron chi connectivity index (χ0n) is 4.59. The largest absolute Gasteiger partial charge is 0.394 e. The van der Waals surface area contributed by atoms with Gasteiger partial charge in [0.25, 0.3) is 0 Å². The van der Waals surface area contributed by atoms with Crippen molar-refractivity contribution < 1.29 is 29.7 Å². The number of rotatable bonds is 1. The summed E-state index contributed by atoms with van der Waals surface area (Å²) < 4.78 is 0. The molecule has 0 saturated heterocycles. The maximum atomic E-state index is 8.11. The molecule has 2 N–H and O–H groups in total. The van der Waals surface area contributed by atoms with Crippen molar-refractivity contribution in [2.75, 3.05) is 6.61 Å². The fourth-order valence-corrected chi connectivity index (χ4v) is 0. The van der Waals surface area contributed by atoms with Crippen molar-refractivity contribution in [3.63, 3.8) is 0 Å². The zero-order chi connectivity index (χ0) is 4.28. The van der Waals surface area contributed by atoms with Gasteiger partial charge in [0.05, 0.1) is 12.7 Å². The quantitative estimate of drug-likeness (QED) is 0.565. The van der Waals surface area contributed by atoms with Gasteiger partial charge in [-0.15, -0.1) is 0 Å². The molecule has 4 heteroatoms. The Labute approximate surface area is 93.3 Å². The molecule has 0 bridgehead atoms. The Morgan fingerprint density at radius 3 is 1.71 bits per heavy atom. The second kappa shape index (κ2) is 10.9. The van der Waals surface area contributed by atoms with Gasteiger partial charge in [-0.1, -0.05) is 0 Å². The van der Waals surface area contributed by atoms with E-state index >= 15 is 0 Å². The Morgan fingerprint density at radius 1 is 1.57 bits per heavy atom. The molecule has 0 aromatic carbocycles. The minimum absolute atomic E-state index is 0. The van der Waals surface area contributed by atoms with Crippen LogP contribution in [0.4, 0.5) is 0 Å². The van der Waals surface area contributed by atoms with Gasteiger partial charge in [0.2, 0.25) is 0 Å². The van der Waals surface area contributed by atoms with Crippen LogP contribution in [0.25, 0.3) is 0 Å². The number of aliphatic hydroxyl groups is 2. The van der Waals surface area contributed by atoms with Gasteiger partial charge in [0.15, 0.2) is 0 Å². The van der Waals surface area contributed by atoms with Crippen LogP contribution < -0.4 is 0 Å². The summed E-state index contributed by atoms with van der Waals surface area (Å²) in [7, 11) is 0. The van der Waals surface area contributed by atoms with Crippen LogP contribution >= 0.6 is 0 Å². The molecule has 0 aliphatic rings. The van der Waals surface area contributed by atoms with Gasteiger partial charge in [-0.25, -0.2) is 0 Å². The molecule has 1 unspecified atom stereocenters. The van der Waals surface area contributed by atoms with E-state index in [1.54, 1.807) is 0 Å². The van der Waals surface area contributed by atoms with E-state index in [1.807, 2.05) is 0 Å². The molecule has 0 amide bonds. The summed E-state index contributed by atoms with van der Waals surface area (Å²) in [5, 5.41) is 16.0. The summed E-state index contributed by atoms with van der Waals surface area (Å²) in [6.07, 6.45) is -0.560.